The largest absolute Gasteiger partial charge is 0.465 e. The van der Waals surface area contributed by atoms with Gasteiger partial charge in [-0.2, -0.15) is 0 Å². The van der Waals surface area contributed by atoms with Gasteiger partial charge in [0.1, 0.15) is 5.76 Å². The van der Waals surface area contributed by atoms with Crippen LogP contribution in [-0.4, -0.2) is 13.2 Å². The van der Waals surface area contributed by atoms with Crippen molar-refractivity contribution >= 4 is 0 Å². The van der Waals surface area contributed by atoms with E-state index in [9.17, 15) is 0 Å². The van der Waals surface area contributed by atoms with Gasteiger partial charge in [-0.1, -0.05) is 13.8 Å². The van der Waals surface area contributed by atoms with Gasteiger partial charge in [-0.3, -0.25) is 5.32 Å². The number of nitrogens with one attached hydrogen (secondary N) is 1. The first kappa shape index (κ1) is 9.74. The van der Waals surface area contributed by atoms with Crippen molar-refractivity contribution in [2.45, 2.75) is 26.5 Å². The molecule has 1 aromatic heterocycles. The highest BCUT2D eigenvalue weighted by Crippen LogP contribution is 2.31. The number of ether oxygens (including phenoxy) is 1. The molecule has 0 aliphatic carbocycles. The van der Waals surface area contributed by atoms with Crippen LogP contribution in [0.3, 0.4) is 0 Å². The minimum atomic E-state index is -0.459. The summed E-state index contributed by atoms with van der Waals surface area (Å²) in [6, 6.07) is 3.82. The Bertz CT molecular complexity index is 293. The van der Waals surface area contributed by atoms with Crippen molar-refractivity contribution in [3.05, 3.63) is 24.2 Å². The van der Waals surface area contributed by atoms with E-state index in [1.54, 1.807) is 6.26 Å². The van der Waals surface area contributed by atoms with Crippen LogP contribution in [0, 0.1) is 5.41 Å². The van der Waals surface area contributed by atoms with Crippen LogP contribution in [0.15, 0.2) is 22.8 Å². The van der Waals surface area contributed by atoms with Gasteiger partial charge in [0, 0.05) is 12.0 Å². The Labute approximate surface area is 84.4 Å². The number of hydrogen-bond acceptors (Lipinski definition) is 3. The molecule has 1 saturated heterocycles. The summed E-state index contributed by atoms with van der Waals surface area (Å²) in [5.74, 6) is 0.841. The van der Waals surface area contributed by atoms with Crippen LogP contribution in [0.2, 0.25) is 0 Å². The summed E-state index contributed by atoms with van der Waals surface area (Å²) >= 11 is 0. The van der Waals surface area contributed by atoms with Crippen LogP contribution >= 0.6 is 0 Å². The second-order valence-electron chi connectivity index (χ2n) is 4.82. The Morgan fingerprint density at radius 3 is 2.64 bits per heavy atom. The van der Waals surface area contributed by atoms with Crippen molar-refractivity contribution in [2.75, 3.05) is 13.2 Å². The lowest BCUT2D eigenvalue weighted by Gasteiger charge is -2.41. The molecular formula is C11H17NO2. The molecule has 1 N–H and O–H groups in total. The molecule has 0 amide bonds. The molecule has 0 aromatic carbocycles. The van der Waals surface area contributed by atoms with E-state index in [1.165, 1.54) is 0 Å². The third-order valence-electron chi connectivity index (χ3n) is 2.65. The molecule has 1 fully saturated rings. The highest BCUT2D eigenvalue weighted by atomic mass is 16.5. The van der Waals surface area contributed by atoms with Crippen LogP contribution in [-0.2, 0) is 10.5 Å². The maximum atomic E-state index is 5.82. The average Bonchev–Trinajstić information content (AvgIpc) is 2.64. The molecule has 3 heteroatoms. The molecule has 2 rings (SSSR count). The van der Waals surface area contributed by atoms with Crippen molar-refractivity contribution in [1.82, 2.24) is 5.32 Å². The van der Waals surface area contributed by atoms with Gasteiger partial charge in [0.2, 0.25) is 0 Å². The van der Waals surface area contributed by atoms with Gasteiger partial charge < -0.3 is 9.15 Å². The smallest absolute Gasteiger partial charge is 0.175 e. The van der Waals surface area contributed by atoms with E-state index in [1.807, 2.05) is 19.1 Å². The molecule has 0 radical (unpaired) electrons. The topological polar surface area (TPSA) is 34.4 Å². The van der Waals surface area contributed by atoms with E-state index < -0.39 is 5.72 Å². The molecule has 14 heavy (non-hydrogen) atoms. The van der Waals surface area contributed by atoms with E-state index in [4.69, 9.17) is 9.15 Å². The number of furan rings is 1. The molecule has 3 nitrogen and oxygen atoms in total. The lowest BCUT2D eigenvalue weighted by atomic mass is 9.92. The summed E-state index contributed by atoms with van der Waals surface area (Å²) < 4.78 is 11.2. The molecule has 0 bridgehead atoms. The van der Waals surface area contributed by atoms with Gasteiger partial charge in [-0.15, -0.1) is 0 Å². The fourth-order valence-corrected chi connectivity index (χ4v) is 1.56. The van der Waals surface area contributed by atoms with Crippen molar-refractivity contribution < 1.29 is 9.15 Å². The van der Waals surface area contributed by atoms with E-state index in [0.717, 1.165) is 18.9 Å². The summed E-state index contributed by atoms with van der Waals surface area (Å²) in [5, 5.41) is 3.37. The Morgan fingerprint density at radius 2 is 2.14 bits per heavy atom. The Hall–Kier alpha value is -0.800. The predicted octanol–water partition coefficient (Wildman–Crippen LogP) is 2.10. The van der Waals surface area contributed by atoms with Crippen LogP contribution in [0.1, 0.15) is 26.5 Å². The summed E-state index contributed by atoms with van der Waals surface area (Å²) in [6.45, 7) is 8.05. The van der Waals surface area contributed by atoms with E-state index >= 15 is 0 Å². The standard InChI is InChI=1S/C11H17NO2/c1-10(2)7-12-11(3,14-8-10)9-5-4-6-13-9/h4-6,12H,7-8H2,1-3H3. The van der Waals surface area contributed by atoms with Crippen LogP contribution in [0.5, 0.6) is 0 Å². The van der Waals surface area contributed by atoms with Gasteiger partial charge >= 0.3 is 0 Å². The highest BCUT2D eigenvalue weighted by Gasteiger charge is 2.38. The Balaban J connectivity index is 2.13. The fourth-order valence-electron chi connectivity index (χ4n) is 1.56. The molecule has 1 atom stereocenters. The van der Waals surface area contributed by atoms with Crippen molar-refractivity contribution in [3.63, 3.8) is 0 Å². The Kier molecular flexibility index (Phi) is 2.16. The zero-order valence-electron chi connectivity index (χ0n) is 8.96. The lowest BCUT2D eigenvalue weighted by Crippen LogP contribution is -2.53. The summed E-state index contributed by atoms with van der Waals surface area (Å²) in [5.41, 5.74) is -0.259. The Morgan fingerprint density at radius 1 is 1.36 bits per heavy atom. The first-order chi connectivity index (χ1) is 6.52. The average molecular weight is 195 g/mol. The van der Waals surface area contributed by atoms with Crippen molar-refractivity contribution in [2.24, 2.45) is 5.41 Å². The first-order valence-electron chi connectivity index (χ1n) is 4.95. The molecule has 2 heterocycles. The van der Waals surface area contributed by atoms with Gasteiger partial charge in [0.15, 0.2) is 5.72 Å². The zero-order valence-corrected chi connectivity index (χ0v) is 8.96. The summed E-state index contributed by atoms with van der Waals surface area (Å²) in [6.07, 6.45) is 1.67. The third-order valence-corrected chi connectivity index (χ3v) is 2.65. The predicted molar refractivity (Wildman–Crippen MR) is 53.8 cm³/mol. The maximum Gasteiger partial charge on any atom is 0.175 e. The van der Waals surface area contributed by atoms with E-state index in [2.05, 4.69) is 19.2 Å². The van der Waals surface area contributed by atoms with Gasteiger partial charge in [0.05, 0.1) is 12.9 Å². The fraction of sp³-hybridized carbons (Fsp3) is 0.636. The normalized spacial score (nSPS) is 31.6. The molecule has 1 aliphatic heterocycles. The minimum Gasteiger partial charge on any atom is -0.465 e. The highest BCUT2D eigenvalue weighted by molar-refractivity contribution is 5.08. The van der Waals surface area contributed by atoms with Gasteiger partial charge in [-0.05, 0) is 19.1 Å². The second kappa shape index (κ2) is 3.11. The van der Waals surface area contributed by atoms with E-state index in [0.29, 0.717) is 0 Å². The molecule has 0 spiro atoms. The molecular weight excluding hydrogens is 178 g/mol. The van der Waals surface area contributed by atoms with Gasteiger partial charge in [-0.25, -0.2) is 0 Å². The van der Waals surface area contributed by atoms with Crippen molar-refractivity contribution in [1.29, 1.82) is 0 Å². The SMILES string of the molecule is CC1(C)CNC(C)(c2ccco2)OC1. The quantitative estimate of drug-likeness (QED) is 0.745. The number of hydrogen-bond donors (Lipinski definition) is 1. The summed E-state index contributed by atoms with van der Waals surface area (Å²) in [7, 11) is 0. The molecule has 1 aliphatic rings. The molecule has 1 aromatic rings. The second-order valence-corrected chi connectivity index (χ2v) is 4.82. The van der Waals surface area contributed by atoms with Gasteiger partial charge in [0.25, 0.3) is 0 Å². The molecule has 78 valence electrons. The molecule has 0 saturated carbocycles. The lowest BCUT2D eigenvalue weighted by molar-refractivity contribution is -0.141. The minimum absolute atomic E-state index is 0.200. The van der Waals surface area contributed by atoms with Crippen LogP contribution in [0.4, 0.5) is 0 Å². The third kappa shape index (κ3) is 1.70. The maximum absolute atomic E-state index is 5.82. The first-order valence-corrected chi connectivity index (χ1v) is 4.95. The zero-order chi connectivity index (χ0) is 10.2. The molecule has 1 unspecified atom stereocenters. The van der Waals surface area contributed by atoms with Crippen LogP contribution < -0.4 is 5.32 Å². The summed E-state index contributed by atoms with van der Waals surface area (Å²) in [4.78, 5) is 0. The van der Waals surface area contributed by atoms with Crippen molar-refractivity contribution in [3.8, 4) is 0 Å². The monoisotopic (exact) mass is 195 g/mol. The number of rotatable bonds is 1. The van der Waals surface area contributed by atoms with Crippen LogP contribution in [0.25, 0.3) is 0 Å². The van der Waals surface area contributed by atoms with E-state index in [-0.39, 0.29) is 5.41 Å².